The molecule has 1 aliphatic heterocycles. The molecule has 1 aromatic rings. The van der Waals surface area contributed by atoms with E-state index in [9.17, 15) is 4.79 Å². The average molecular weight is 320 g/mol. The van der Waals surface area contributed by atoms with E-state index in [4.69, 9.17) is 9.47 Å². The molecule has 0 saturated carbocycles. The first-order chi connectivity index (χ1) is 11.1. The molecule has 1 aliphatic rings. The molecule has 0 bridgehead atoms. The van der Waals surface area contributed by atoms with Crippen molar-refractivity contribution in [2.75, 3.05) is 33.4 Å². The lowest BCUT2D eigenvalue weighted by Gasteiger charge is -2.22. The van der Waals surface area contributed by atoms with Gasteiger partial charge >= 0.3 is 0 Å². The minimum atomic E-state index is 0.0399. The second-order valence-electron chi connectivity index (χ2n) is 6.24. The number of rotatable bonds is 8. The number of carbonyl (C=O) groups excluding carboxylic acids is 1. The molecule has 0 aromatic heterocycles. The number of hydrogen-bond acceptors (Lipinski definition) is 4. The maximum Gasteiger partial charge on any atom is 0.224 e. The number of amides is 1. The highest BCUT2D eigenvalue weighted by atomic mass is 16.6. The summed E-state index contributed by atoms with van der Waals surface area (Å²) in [5.74, 6) is 1.53. The first-order valence-corrected chi connectivity index (χ1v) is 8.45. The topological polar surface area (TPSA) is 50.8 Å². The normalized spacial score (nSPS) is 14.6. The van der Waals surface area contributed by atoms with Gasteiger partial charge in [0.1, 0.15) is 13.2 Å². The van der Waals surface area contributed by atoms with E-state index < -0.39 is 0 Å². The van der Waals surface area contributed by atoms with Crippen molar-refractivity contribution in [2.45, 2.75) is 39.2 Å². The van der Waals surface area contributed by atoms with Crippen molar-refractivity contribution in [3.05, 3.63) is 23.8 Å². The van der Waals surface area contributed by atoms with Crippen molar-refractivity contribution in [3.8, 4) is 11.5 Å². The molecular weight excluding hydrogens is 292 g/mol. The fourth-order valence-corrected chi connectivity index (χ4v) is 2.74. The highest BCUT2D eigenvalue weighted by Crippen LogP contribution is 2.30. The maximum absolute atomic E-state index is 12.2. The van der Waals surface area contributed by atoms with Gasteiger partial charge < -0.3 is 19.7 Å². The molecule has 0 saturated heterocycles. The molecule has 1 heterocycles. The van der Waals surface area contributed by atoms with Crippen LogP contribution < -0.4 is 14.8 Å². The minimum Gasteiger partial charge on any atom is -0.486 e. The van der Waals surface area contributed by atoms with Crippen LogP contribution in [0, 0.1) is 0 Å². The van der Waals surface area contributed by atoms with Crippen LogP contribution in [0.5, 0.6) is 11.5 Å². The van der Waals surface area contributed by atoms with Crippen LogP contribution in [0.2, 0.25) is 0 Å². The number of nitrogens with zero attached hydrogens (tertiary/aromatic N) is 1. The van der Waals surface area contributed by atoms with Gasteiger partial charge in [0.15, 0.2) is 11.5 Å². The molecule has 0 unspecified atom stereocenters. The average Bonchev–Trinajstić information content (AvgIpc) is 2.52. The predicted molar refractivity (Wildman–Crippen MR) is 91.1 cm³/mol. The Bertz CT molecular complexity index is 519. The van der Waals surface area contributed by atoms with Crippen molar-refractivity contribution in [1.29, 1.82) is 0 Å². The van der Waals surface area contributed by atoms with Crippen LogP contribution in [-0.4, -0.2) is 50.2 Å². The molecule has 128 valence electrons. The first-order valence-electron chi connectivity index (χ1n) is 8.45. The number of nitrogens with one attached hydrogen (secondary N) is 1. The number of likely N-dealkylation sites (N-methyl/N-ethyl adjacent to an activating group) is 1. The lowest BCUT2D eigenvalue weighted by molar-refractivity contribution is -0.121. The predicted octanol–water partition coefficient (Wildman–Crippen LogP) is 2.24. The zero-order chi connectivity index (χ0) is 16.7. The van der Waals surface area contributed by atoms with E-state index >= 15 is 0 Å². The van der Waals surface area contributed by atoms with Crippen LogP contribution in [0.1, 0.15) is 32.3 Å². The molecule has 5 nitrogen and oxygen atoms in total. The van der Waals surface area contributed by atoms with E-state index in [0.717, 1.165) is 30.2 Å². The van der Waals surface area contributed by atoms with E-state index in [1.807, 2.05) is 25.1 Å². The lowest BCUT2D eigenvalue weighted by Crippen LogP contribution is -2.41. The summed E-state index contributed by atoms with van der Waals surface area (Å²) in [4.78, 5) is 14.4. The van der Waals surface area contributed by atoms with Crippen LogP contribution in [-0.2, 0) is 11.2 Å². The third-order valence-corrected chi connectivity index (χ3v) is 3.86. The summed E-state index contributed by atoms with van der Waals surface area (Å²) in [6, 6.07) is 5.83. The highest BCUT2D eigenvalue weighted by molar-refractivity contribution is 5.79. The Morgan fingerprint density at radius 2 is 2.04 bits per heavy atom. The standard InChI is InChI=1S/C18H28N2O3/c1-4-5-8-20(3)13-14(2)19-18(21)12-15-6-7-16-17(11-15)23-10-9-22-16/h6-7,11,14H,4-5,8-10,12-13H2,1-3H3,(H,19,21)/t14-/m0/s1. The van der Waals surface area contributed by atoms with Crippen molar-refractivity contribution < 1.29 is 14.3 Å². The van der Waals surface area contributed by atoms with E-state index in [2.05, 4.69) is 24.2 Å². The minimum absolute atomic E-state index is 0.0399. The third-order valence-electron chi connectivity index (χ3n) is 3.86. The van der Waals surface area contributed by atoms with Crippen molar-refractivity contribution >= 4 is 5.91 Å². The molecule has 0 fully saturated rings. The Morgan fingerprint density at radius 3 is 2.78 bits per heavy atom. The van der Waals surface area contributed by atoms with E-state index in [1.54, 1.807) is 0 Å². The Balaban J connectivity index is 1.80. The van der Waals surface area contributed by atoms with Crippen molar-refractivity contribution in [3.63, 3.8) is 0 Å². The van der Waals surface area contributed by atoms with E-state index in [-0.39, 0.29) is 11.9 Å². The van der Waals surface area contributed by atoms with Gasteiger partial charge in [0, 0.05) is 12.6 Å². The molecule has 0 radical (unpaired) electrons. The Morgan fingerprint density at radius 1 is 1.30 bits per heavy atom. The summed E-state index contributed by atoms with van der Waals surface area (Å²) < 4.78 is 11.0. The molecule has 0 aliphatic carbocycles. The van der Waals surface area contributed by atoms with Gasteiger partial charge in [-0.05, 0) is 44.6 Å². The maximum atomic E-state index is 12.2. The number of benzene rings is 1. The zero-order valence-corrected chi connectivity index (χ0v) is 14.4. The number of unbranched alkanes of at least 4 members (excludes halogenated alkanes) is 1. The molecule has 23 heavy (non-hydrogen) atoms. The molecule has 1 aromatic carbocycles. The molecule has 0 spiro atoms. The van der Waals surface area contributed by atoms with Gasteiger partial charge in [0.25, 0.3) is 0 Å². The highest BCUT2D eigenvalue weighted by Gasteiger charge is 2.14. The van der Waals surface area contributed by atoms with Gasteiger partial charge in [-0.3, -0.25) is 4.79 Å². The SMILES string of the molecule is CCCCN(C)C[C@H](C)NC(=O)Cc1ccc2c(c1)OCCO2. The Labute approximate surface area is 139 Å². The Kier molecular flexibility index (Phi) is 6.71. The molecule has 1 atom stereocenters. The molecular formula is C18H28N2O3. The Hall–Kier alpha value is -1.75. The van der Waals surface area contributed by atoms with Crippen molar-refractivity contribution in [1.82, 2.24) is 10.2 Å². The van der Waals surface area contributed by atoms with E-state index in [0.29, 0.717) is 19.6 Å². The monoisotopic (exact) mass is 320 g/mol. The summed E-state index contributed by atoms with van der Waals surface area (Å²) in [7, 11) is 2.10. The number of carbonyl (C=O) groups is 1. The van der Waals surface area contributed by atoms with Gasteiger partial charge in [-0.2, -0.15) is 0 Å². The second-order valence-corrected chi connectivity index (χ2v) is 6.24. The molecule has 1 amide bonds. The summed E-state index contributed by atoms with van der Waals surface area (Å²) in [5.41, 5.74) is 0.943. The summed E-state index contributed by atoms with van der Waals surface area (Å²) in [5, 5.41) is 3.06. The van der Waals surface area contributed by atoms with E-state index in [1.165, 1.54) is 12.8 Å². The zero-order valence-electron chi connectivity index (χ0n) is 14.4. The molecule has 1 N–H and O–H groups in total. The quantitative estimate of drug-likeness (QED) is 0.798. The van der Waals surface area contributed by atoms with Gasteiger partial charge in [0.2, 0.25) is 5.91 Å². The van der Waals surface area contributed by atoms with Crippen LogP contribution in [0.3, 0.4) is 0 Å². The third kappa shape index (κ3) is 5.75. The van der Waals surface area contributed by atoms with Crippen molar-refractivity contribution in [2.24, 2.45) is 0 Å². The lowest BCUT2D eigenvalue weighted by atomic mass is 10.1. The smallest absolute Gasteiger partial charge is 0.224 e. The van der Waals surface area contributed by atoms with Crippen LogP contribution >= 0.6 is 0 Å². The number of hydrogen-bond donors (Lipinski definition) is 1. The number of fused-ring (bicyclic) bond motifs is 1. The van der Waals surface area contributed by atoms with Crippen LogP contribution in [0.4, 0.5) is 0 Å². The fourth-order valence-electron chi connectivity index (χ4n) is 2.74. The first kappa shape index (κ1) is 17.6. The molecule has 5 heteroatoms. The fraction of sp³-hybridized carbons (Fsp3) is 0.611. The summed E-state index contributed by atoms with van der Waals surface area (Å²) >= 11 is 0. The summed E-state index contributed by atoms with van der Waals surface area (Å²) in [6.45, 7) is 7.31. The van der Waals surface area contributed by atoms with Gasteiger partial charge in [-0.1, -0.05) is 19.4 Å². The largest absolute Gasteiger partial charge is 0.486 e. The van der Waals surface area contributed by atoms with Crippen LogP contribution in [0.25, 0.3) is 0 Å². The molecule has 2 rings (SSSR count). The van der Waals surface area contributed by atoms with Gasteiger partial charge in [0.05, 0.1) is 6.42 Å². The number of ether oxygens (including phenoxy) is 2. The van der Waals surface area contributed by atoms with Gasteiger partial charge in [-0.25, -0.2) is 0 Å². The summed E-state index contributed by atoms with van der Waals surface area (Å²) in [6.07, 6.45) is 2.74. The van der Waals surface area contributed by atoms with Crippen LogP contribution in [0.15, 0.2) is 18.2 Å². The van der Waals surface area contributed by atoms with Gasteiger partial charge in [-0.15, -0.1) is 0 Å². The second kappa shape index (κ2) is 8.77.